The average Bonchev–Trinajstić information content (AvgIpc) is 2.28. The molecule has 1 aliphatic carbocycles. The lowest BCUT2D eigenvalue weighted by atomic mass is 9.73. The van der Waals surface area contributed by atoms with Crippen LogP contribution in [0.25, 0.3) is 9.69 Å². The van der Waals surface area contributed by atoms with E-state index in [1.807, 2.05) is 12.1 Å². The molecule has 1 saturated carbocycles. The van der Waals surface area contributed by atoms with E-state index in [0.717, 1.165) is 11.1 Å². The Morgan fingerprint density at radius 3 is 1.80 bits per heavy atom. The van der Waals surface area contributed by atoms with Crippen molar-refractivity contribution < 1.29 is 0 Å². The lowest BCUT2D eigenvalue weighted by molar-refractivity contribution is 0.634. The summed E-state index contributed by atoms with van der Waals surface area (Å²) in [6, 6.07) is 3.64. The van der Waals surface area contributed by atoms with E-state index in [-0.39, 0.29) is 17.3 Å². The van der Waals surface area contributed by atoms with Crippen LogP contribution in [-0.4, -0.2) is 0 Å². The van der Waals surface area contributed by atoms with Crippen molar-refractivity contribution in [2.45, 2.75) is 13.3 Å². The van der Waals surface area contributed by atoms with Gasteiger partial charge in [0.1, 0.15) is 0 Å². The molecule has 0 atom stereocenters. The maximum absolute atomic E-state index is 8.66. The fraction of sp³-hybridized carbons (Fsp3) is 0.273. The van der Waals surface area contributed by atoms with Crippen molar-refractivity contribution in [3.63, 3.8) is 0 Å². The molecule has 0 heterocycles. The first-order chi connectivity index (χ1) is 7.19. The van der Waals surface area contributed by atoms with Gasteiger partial charge in [0.25, 0.3) is 11.4 Å². The fourth-order valence-corrected chi connectivity index (χ4v) is 1.51. The van der Waals surface area contributed by atoms with Crippen LogP contribution < -0.4 is 0 Å². The minimum absolute atomic E-state index is 0.0912. The van der Waals surface area contributed by atoms with E-state index < -0.39 is 0 Å². The minimum Gasteiger partial charge on any atom is -0.227 e. The van der Waals surface area contributed by atoms with Crippen LogP contribution in [0.3, 0.4) is 0 Å². The largest absolute Gasteiger partial charge is 0.261 e. The highest BCUT2D eigenvalue weighted by atomic mass is 14.7. The Hall–Kier alpha value is -2.56. The van der Waals surface area contributed by atoms with Crippen LogP contribution in [-0.2, 0) is 0 Å². The van der Waals surface area contributed by atoms with Gasteiger partial charge in [-0.25, -0.2) is 20.2 Å². The molecule has 70 valence electrons. The van der Waals surface area contributed by atoms with Gasteiger partial charge in [0.2, 0.25) is 0 Å². The van der Waals surface area contributed by atoms with E-state index in [4.69, 9.17) is 23.7 Å². The molecule has 0 aliphatic heterocycles. The Balaban J connectivity index is 3.12. The van der Waals surface area contributed by atoms with E-state index in [9.17, 15) is 0 Å². The van der Waals surface area contributed by atoms with Gasteiger partial charge < -0.3 is 0 Å². The summed E-state index contributed by atoms with van der Waals surface area (Å²) in [6.07, 6.45) is 0.414. The number of hydrogen-bond acceptors (Lipinski definition) is 2. The number of rotatable bonds is 0. The highest BCUT2D eigenvalue weighted by Crippen LogP contribution is 2.43. The van der Waals surface area contributed by atoms with E-state index in [0.29, 0.717) is 6.42 Å². The zero-order valence-corrected chi connectivity index (χ0v) is 8.07. The molecule has 0 radical (unpaired) electrons. The summed E-state index contributed by atoms with van der Waals surface area (Å²) in [5.74, 6) is -0.113. The predicted molar refractivity (Wildman–Crippen MR) is 52.3 cm³/mol. The standard InChI is InChI=1S/C11H6N4/c1-7-8(10(5-12)14-2)4-9(7)11(6-13)15-3/h7H,4H2,1H3. The van der Waals surface area contributed by atoms with Crippen LogP contribution in [0.2, 0.25) is 0 Å². The van der Waals surface area contributed by atoms with Gasteiger partial charge in [-0.15, -0.1) is 0 Å². The summed E-state index contributed by atoms with van der Waals surface area (Å²) in [5.41, 5.74) is 1.65. The third-order valence-corrected chi connectivity index (χ3v) is 2.47. The van der Waals surface area contributed by atoms with Crippen molar-refractivity contribution in [2.75, 3.05) is 0 Å². The molecular formula is C11H6N4. The average molecular weight is 194 g/mol. The van der Waals surface area contributed by atoms with Crippen LogP contribution in [0.1, 0.15) is 13.3 Å². The highest BCUT2D eigenvalue weighted by Gasteiger charge is 2.31. The van der Waals surface area contributed by atoms with Gasteiger partial charge in [0, 0.05) is 0 Å². The van der Waals surface area contributed by atoms with Crippen LogP contribution in [0, 0.1) is 41.7 Å². The third kappa shape index (κ3) is 1.58. The molecule has 0 N–H and O–H groups in total. The van der Waals surface area contributed by atoms with Crippen LogP contribution in [0.4, 0.5) is 0 Å². The molecular weight excluding hydrogens is 188 g/mol. The Labute approximate surface area is 88.0 Å². The van der Waals surface area contributed by atoms with Gasteiger partial charge >= 0.3 is 0 Å². The molecule has 0 spiro atoms. The zero-order valence-electron chi connectivity index (χ0n) is 8.07. The number of nitriles is 2. The number of allylic oxidation sites excluding steroid dienone is 4. The molecule has 0 amide bonds. The van der Waals surface area contributed by atoms with Gasteiger partial charge in [-0.2, -0.15) is 0 Å². The molecule has 0 saturated heterocycles. The monoisotopic (exact) mass is 194 g/mol. The SMILES string of the molecule is [C-]#[N+]C(C#N)=C1CC(=C(C#N)[N+]#[C-])C1C. The van der Waals surface area contributed by atoms with Crippen LogP contribution >= 0.6 is 0 Å². The minimum atomic E-state index is -0.113. The maximum atomic E-state index is 8.66. The molecule has 0 unspecified atom stereocenters. The topological polar surface area (TPSA) is 56.3 Å². The van der Waals surface area contributed by atoms with Crippen LogP contribution in [0.15, 0.2) is 22.5 Å². The molecule has 4 nitrogen and oxygen atoms in total. The smallest absolute Gasteiger partial charge is 0.227 e. The Morgan fingerprint density at radius 1 is 1.20 bits per heavy atom. The highest BCUT2D eigenvalue weighted by molar-refractivity contribution is 5.51. The summed E-state index contributed by atoms with van der Waals surface area (Å²) in [6.45, 7) is 15.4. The van der Waals surface area contributed by atoms with E-state index in [1.54, 1.807) is 6.92 Å². The molecule has 1 fully saturated rings. The molecule has 0 aromatic heterocycles. The first kappa shape index (κ1) is 10.5. The number of hydrogen-bond donors (Lipinski definition) is 0. The van der Waals surface area contributed by atoms with Gasteiger partial charge in [-0.3, -0.25) is 0 Å². The zero-order chi connectivity index (χ0) is 11.4. The van der Waals surface area contributed by atoms with Gasteiger partial charge in [0.05, 0.1) is 25.3 Å². The number of nitrogens with zero attached hydrogens (tertiary/aromatic N) is 4. The molecule has 0 aromatic rings. The van der Waals surface area contributed by atoms with Crippen molar-refractivity contribution >= 4 is 0 Å². The molecule has 4 heteroatoms. The summed E-state index contributed by atoms with van der Waals surface area (Å²) in [4.78, 5) is 6.22. The molecule has 1 rings (SSSR count). The molecule has 15 heavy (non-hydrogen) atoms. The first-order valence-corrected chi connectivity index (χ1v) is 4.20. The van der Waals surface area contributed by atoms with Gasteiger partial charge in [-0.05, 0) is 23.5 Å². The second-order valence-electron chi connectivity index (χ2n) is 3.09. The van der Waals surface area contributed by atoms with Crippen molar-refractivity contribution in [1.29, 1.82) is 10.5 Å². The van der Waals surface area contributed by atoms with Crippen molar-refractivity contribution in [1.82, 2.24) is 0 Å². The van der Waals surface area contributed by atoms with Crippen molar-refractivity contribution in [3.8, 4) is 12.1 Å². The maximum Gasteiger partial charge on any atom is 0.261 e. The molecule has 0 bridgehead atoms. The molecule has 0 aromatic carbocycles. The first-order valence-electron chi connectivity index (χ1n) is 4.20. The van der Waals surface area contributed by atoms with E-state index in [1.165, 1.54) is 0 Å². The van der Waals surface area contributed by atoms with Crippen molar-refractivity contribution in [3.05, 3.63) is 45.4 Å². The molecule has 1 aliphatic rings. The second kappa shape index (κ2) is 4.10. The summed E-state index contributed by atoms with van der Waals surface area (Å²) in [5, 5.41) is 17.3. The summed E-state index contributed by atoms with van der Waals surface area (Å²) in [7, 11) is 0. The summed E-state index contributed by atoms with van der Waals surface area (Å²) < 4.78 is 0. The fourth-order valence-electron chi connectivity index (χ4n) is 1.51. The second-order valence-corrected chi connectivity index (χ2v) is 3.09. The van der Waals surface area contributed by atoms with Crippen molar-refractivity contribution in [2.24, 2.45) is 5.92 Å². The van der Waals surface area contributed by atoms with Gasteiger partial charge in [0.15, 0.2) is 0 Å². The lowest BCUT2D eigenvalue weighted by Gasteiger charge is -2.31. The normalized spacial score (nSPS) is 24.7. The van der Waals surface area contributed by atoms with Gasteiger partial charge in [-0.1, -0.05) is 6.92 Å². The Morgan fingerprint density at radius 2 is 1.60 bits per heavy atom. The quantitative estimate of drug-likeness (QED) is 0.439. The lowest BCUT2D eigenvalue weighted by Crippen LogP contribution is -2.19. The van der Waals surface area contributed by atoms with E-state index in [2.05, 4.69) is 9.69 Å². The third-order valence-electron chi connectivity index (χ3n) is 2.47. The summed E-state index contributed by atoms with van der Waals surface area (Å²) >= 11 is 0. The Kier molecular flexibility index (Phi) is 2.88. The van der Waals surface area contributed by atoms with E-state index >= 15 is 0 Å². The predicted octanol–water partition coefficient (Wildman–Crippen LogP) is 2.42. The Bertz CT molecular complexity index is 443. The van der Waals surface area contributed by atoms with Crippen LogP contribution in [0.5, 0.6) is 0 Å².